The summed E-state index contributed by atoms with van der Waals surface area (Å²) >= 11 is 0. The molecule has 0 saturated heterocycles. The molecular formula is C16H16O4. The molecule has 20 heavy (non-hydrogen) atoms. The number of hydrogen-bond acceptors (Lipinski definition) is 4. The topological polar surface area (TPSA) is 66.8 Å². The van der Waals surface area contributed by atoms with Gasteiger partial charge in [-0.05, 0) is 29.9 Å². The molecule has 1 aromatic rings. The molecule has 2 N–H and O–H groups in total. The zero-order valence-corrected chi connectivity index (χ0v) is 11.1. The third-order valence-electron chi connectivity index (χ3n) is 3.12. The Hall–Kier alpha value is -2.17. The monoisotopic (exact) mass is 272 g/mol. The minimum atomic E-state index is -1.26. The molecule has 0 aliphatic heterocycles. The van der Waals surface area contributed by atoms with Crippen LogP contribution < -0.4 is 0 Å². The van der Waals surface area contributed by atoms with E-state index in [0.29, 0.717) is 6.42 Å². The zero-order valence-electron chi connectivity index (χ0n) is 11.1. The summed E-state index contributed by atoms with van der Waals surface area (Å²) < 4.78 is 4.94. The normalized spacial score (nSPS) is 22.0. The number of methoxy groups -OCH3 is 1. The number of carbonyl (C=O) groups excluding carboxylic acids is 1. The first kappa shape index (κ1) is 14.2. The molecule has 1 aromatic carbocycles. The summed E-state index contributed by atoms with van der Waals surface area (Å²) in [6, 6.07) is 6.39. The summed E-state index contributed by atoms with van der Waals surface area (Å²) in [6.45, 7) is 0. The Morgan fingerprint density at radius 3 is 2.75 bits per heavy atom. The molecular weight excluding hydrogens is 256 g/mol. The number of benzene rings is 1. The Kier molecular flexibility index (Phi) is 4.17. The van der Waals surface area contributed by atoms with Gasteiger partial charge in [-0.25, -0.2) is 0 Å². The van der Waals surface area contributed by atoms with E-state index in [1.807, 2.05) is 0 Å². The van der Waals surface area contributed by atoms with Crippen molar-refractivity contribution in [3.8, 4) is 5.75 Å². The summed E-state index contributed by atoms with van der Waals surface area (Å²) in [6.07, 6.45) is 8.35. The van der Waals surface area contributed by atoms with Crippen LogP contribution in [0.1, 0.15) is 16.8 Å². The van der Waals surface area contributed by atoms with Gasteiger partial charge >= 0.3 is 0 Å². The molecule has 1 unspecified atom stereocenters. The van der Waals surface area contributed by atoms with Crippen LogP contribution in [-0.4, -0.2) is 28.9 Å². The summed E-state index contributed by atoms with van der Waals surface area (Å²) in [4.78, 5) is 11.9. The fourth-order valence-corrected chi connectivity index (χ4v) is 1.85. The summed E-state index contributed by atoms with van der Waals surface area (Å²) in [5.74, 6) is -1.58. The largest absolute Gasteiger partial charge is 0.507 e. The van der Waals surface area contributed by atoms with Gasteiger partial charge in [-0.3, -0.25) is 4.79 Å². The van der Waals surface area contributed by atoms with E-state index >= 15 is 0 Å². The molecule has 2 rings (SSSR count). The standard InChI is InChI=1S/C16H16O4/c1-20-16(19)10-8-12(9-11-16)6-7-15(18)13-4-2-3-5-14(13)17/h2-10,17,19H,11H2,1H3. The Morgan fingerprint density at radius 1 is 1.40 bits per heavy atom. The number of ether oxygens (including phenoxy) is 1. The molecule has 0 radical (unpaired) electrons. The molecule has 1 aliphatic carbocycles. The highest BCUT2D eigenvalue weighted by molar-refractivity contribution is 6.06. The van der Waals surface area contributed by atoms with Crippen molar-refractivity contribution in [2.45, 2.75) is 12.2 Å². The number of rotatable bonds is 4. The minimum Gasteiger partial charge on any atom is -0.507 e. The summed E-state index contributed by atoms with van der Waals surface area (Å²) in [7, 11) is 1.43. The maximum atomic E-state index is 11.9. The second kappa shape index (κ2) is 5.86. The number of aliphatic hydroxyl groups is 1. The number of aromatic hydroxyl groups is 1. The van der Waals surface area contributed by atoms with E-state index in [0.717, 1.165) is 5.57 Å². The van der Waals surface area contributed by atoms with Gasteiger partial charge in [-0.1, -0.05) is 30.4 Å². The highest BCUT2D eigenvalue weighted by atomic mass is 16.6. The number of hydrogen-bond donors (Lipinski definition) is 2. The molecule has 0 aromatic heterocycles. The maximum Gasteiger partial charge on any atom is 0.189 e. The van der Waals surface area contributed by atoms with Crippen molar-refractivity contribution in [2.75, 3.05) is 7.11 Å². The predicted octanol–water partition coefficient (Wildman–Crippen LogP) is 2.35. The molecule has 0 spiro atoms. The van der Waals surface area contributed by atoms with Crippen molar-refractivity contribution in [1.82, 2.24) is 0 Å². The first-order valence-corrected chi connectivity index (χ1v) is 6.21. The van der Waals surface area contributed by atoms with Crippen molar-refractivity contribution in [1.29, 1.82) is 0 Å². The lowest BCUT2D eigenvalue weighted by Crippen LogP contribution is -2.28. The van der Waals surface area contributed by atoms with Gasteiger partial charge < -0.3 is 14.9 Å². The number of phenols is 1. The Balaban J connectivity index is 2.07. The van der Waals surface area contributed by atoms with E-state index < -0.39 is 5.79 Å². The van der Waals surface area contributed by atoms with Crippen LogP contribution in [0.5, 0.6) is 5.75 Å². The third-order valence-corrected chi connectivity index (χ3v) is 3.12. The average molecular weight is 272 g/mol. The molecule has 1 atom stereocenters. The lowest BCUT2D eigenvalue weighted by molar-refractivity contribution is -0.143. The van der Waals surface area contributed by atoms with Gasteiger partial charge in [0.1, 0.15) is 5.75 Å². The van der Waals surface area contributed by atoms with E-state index in [-0.39, 0.29) is 17.1 Å². The number of phenolic OH excluding ortho intramolecular Hbond substituents is 1. The molecule has 104 valence electrons. The first-order valence-electron chi connectivity index (χ1n) is 6.21. The number of allylic oxidation sites excluding steroid dienone is 4. The van der Waals surface area contributed by atoms with Crippen molar-refractivity contribution in [3.63, 3.8) is 0 Å². The van der Waals surface area contributed by atoms with E-state index in [4.69, 9.17) is 4.74 Å². The molecule has 0 amide bonds. The van der Waals surface area contributed by atoms with Crippen LogP contribution in [0.25, 0.3) is 0 Å². The number of carbonyl (C=O) groups is 1. The lowest BCUT2D eigenvalue weighted by Gasteiger charge is -2.23. The third kappa shape index (κ3) is 3.23. The number of para-hydroxylation sites is 1. The fraction of sp³-hybridized carbons (Fsp3) is 0.188. The Morgan fingerprint density at radius 2 is 2.15 bits per heavy atom. The van der Waals surface area contributed by atoms with Gasteiger partial charge in [0.25, 0.3) is 0 Å². The average Bonchev–Trinajstić information content (AvgIpc) is 2.47. The fourth-order valence-electron chi connectivity index (χ4n) is 1.85. The SMILES string of the molecule is COC1(O)C=CC(C=CC(=O)c2ccccc2O)=CC1. The van der Waals surface area contributed by atoms with Gasteiger partial charge in [-0.15, -0.1) is 0 Å². The Labute approximate surface area is 117 Å². The van der Waals surface area contributed by atoms with Crippen LogP contribution in [0.3, 0.4) is 0 Å². The smallest absolute Gasteiger partial charge is 0.189 e. The highest BCUT2D eigenvalue weighted by Gasteiger charge is 2.23. The van der Waals surface area contributed by atoms with Crippen LogP contribution in [0.4, 0.5) is 0 Å². The second-order valence-electron chi connectivity index (χ2n) is 4.51. The lowest BCUT2D eigenvalue weighted by atomic mass is 10.0. The molecule has 1 aliphatic rings. The minimum absolute atomic E-state index is 0.0379. The highest BCUT2D eigenvalue weighted by Crippen LogP contribution is 2.22. The van der Waals surface area contributed by atoms with E-state index in [1.54, 1.807) is 36.4 Å². The zero-order chi connectivity index (χ0) is 14.6. The van der Waals surface area contributed by atoms with Crippen LogP contribution in [-0.2, 0) is 4.74 Å². The van der Waals surface area contributed by atoms with Crippen LogP contribution in [0.15, 0.2) is 60.2 Å². The van der Waals surface area contributed by atoms with Gasteiger partial charge in [0.2, 0.25) is 0 Å². The summed E-state index contributed by atoms with van der Waals surface area (Å²) in [5.41, 5.74) is 1.06. The molecule has 4 nitrogen and oxygen atoms in total. The quantitative estimate of drug-likeness (QED) is 0.501. The van der Waals surface area contributed by atoms with Crippen LogP contribution in [0, 0.1) is 0 Å². The van der Waals surface area contributed by atoms with E-state index in [2.05, 4.69) is 0 Å². The van der Waals surface area contributed by atoms with Crippen molar-refractivity contribution >= 4 is 5.78 Å². The van der Waals surface area contributed by atoms with Crippen LogP contribution >= 0.6 is 0 Å². The second-order valence-corrected chi connectivity index (χ2v) is 4.51. The maximum absolute atomic E-state index is 11.9. The first-order chi connectivity index (χ1) is 9.54. The van der Waals surface area contributed by atoms with Gasteiger partial charge in [0.15, 0.2) is 11.6 Å². The molecule has 4 heteroatoms. The van der Waals surface area contributed by atoms with Crippen molar-refractivity contribution in [3.05, 3.63) is 65.8 Å². The molecule has 0 fully saturated rings. The van der Waals surface area contributed by atoms with Crippen molar-refractivity contribution < 1.29 is 19.7 Å². The van der Waals surface area contributed by atoms with Crippen LogP contribution in [0.2, 0.25) is 0 Å². The van der Waals surface area contributed by atoms with Gasteiger partial charge in [0.05, 0.1) is 5.56 Å². The summed E-state index contributed by atoms with van der Waals surface area (Å²) in [5, 5.41) is 19.4. The number of ketones is 1. The predicted molar refractivity (Wildman–Crippen MR) is 75.4 cm³/mol. The van der Waals surface area contributed by atoms with E-state index in [1.165, 1.54) is 25.3 Å². The molecule has 0 heterocycles. The van der Waals surface area contributed by atoms with Gasteiger partial charge in [-0.2, -0.15) is 0 Å². The van der Waals surface area contributed by atoms with Crippen molar-refractivity contribution in [2.24, 2.45) is 0 Å². The van der Waals surface area contributed by atoms with Gasteiger partial charge in [0, 0.05) is 13.5 Å². The Bertz CT molecular complexity index is 598. The molecule has 0 bridgehead atoms. The molecule has 0 saturated carbocycles. The van der Waals surface area contributed by atoms with E-state index in [9.17, 15) is 15.0 Å².